The lowest BCUT2D eigenvalue weighted by Gasteiger charge is -2.11. The molecule has 0 fully saturated rings. The first-order valence-corrected chi connectivity index (χ1v) is 7.24. The second-order valence-electron chi connectivity index (χ2n) is 5.10. The first kappa shape index (κ1) is 13.2. The van der Waals surface area contributed by atoms with Crippen molar-refractivity contribution in [1.82, 2.24) is 10.2 Å². The van der Waals surface area contributed by atoms with E-state index in [9.17, 15) is 4.39 Å². The van der Waals surface area contributed by atoms with Gasteiger partial charge in [-0.25, -0.2) is 4.39 Å². The Labute approximate surface area is 131 Å². The van der Waals surface area contributed by atoms with Gasteiger partial charge in [-0.1, -0.05) is 29.8 Å². The standard InChI is InChI=1S/C17H11ClFN3/c18-10-5-6-11-13(7-10)17(12-3-1-2-4-15(12)19)20-9-16-14(11)8-21-22-16/h1-8H,9H2,(H,21,22). The number of benzene rings is 2. The molecule has 0 amide bonds. The molecule has 0 aliphatic carbocycles. The predicted octanol–water partition coefficient (Wildman–Crippen LogP) is 4.22. The minimum Gasteiger partial charge on any atom is -0.280 e. The highest BCUT2D eigenvalue weighted by Crippen LogP contribution is 2.33. The van der Waals surface area contributed by atoms with Crippen LogP contribution in [0, 0.1) is 5.82 Å². The van der Waals surface area contributed by atoms with Crippen molar-refractivity contribution in [3.05, 3.63) is 76.3 Å². The van der Waals surface area contributed by atoms with Crippen molar-refractivity contribution in [2.45, 2.75) is 6.54 Å². The highest BCUT2D eigenvalue weighted by atomic mass is 35.5. The molecular formula is C17H11ClFN3. The summed E-state index contributed by atoms with van der Waals surface area (Å²) < 4.78 is 14.2. The maximum absolute atomic E-state index is 14.2. The van der Waals surface area contributed by atoms with Crippen LogP contribution >= 0.6 is 11.6 Å². The van der Waals surface area contributed by atoms with Gasteiger partial charge >= 0.3 is 0 Å². The summed E-state index contributed by atoms with van der Waals surface area (Å²) in [5.41, 5.74) is 4.74. The second-order valence-corrected chi connectivity index (χ2v) is 5.53. The van der Waals surface area contributed by atoms with E-state index < -0.39 is 0 Å². The van der Waals surface area contributed by atoms with Crippen LogP contribution in [0.15, 0.2) is 53.7 Å². The molecule has 4 rings (SSSR count). The van der Waals surface area contributed by atoms with Crippen molar-refractivity contribution in [2.75, 3.05) is 0 Å². The van der Waals surface area contributed by atoms with Crippen molar-refractivity contribution < 1.29 is 4.39 Å². The summed E-state index contributed by atoms with van der Waals surface area (Å²) in [5.74, 6) is -0.295. The molecule has 0 atom stereocenters. The van der Waals surface area contributed by atoms with Crippen LogP contribution in [0.5, 0.6) is 0 Å². The van der Waals surface area contributed by atoms with E-state index in [1.165, 1.54) is 6.07 Å². The molecule has 3 aromatic rings. The molecule has 0 saturated heterocycles. The maximum atomic E-state index is 14.2. The number of nitrogens with one attached hydrogen (secondary N) is 1. The molecule has 0 spiro atoms. The number of halogens is 2. The van der Waals surface area contributed by atoms with E-state index in [1.807, 2.05) is 18.2 Å². The lowest BCUT2D eigenvalue weighted by Crippen LogP contribution is -2.07. The van der Waals surface area contributed by atoms with Gasteiger partial charge in [-0.15, -0.1) is 0 Å². The number of aliphatic imine (C=N–C) groups is 1. The van der Waals surface area contributed by atoms with Crippen LogP contribution < -0.4 is 0 Å². The van der Waals surface area contributed by atoms with Crippen LogP contribution in [0.2, 0.25) is 5.02 Å². The quantitative estimate of drug-likeness (QED) is 0.718. The average molecular weight is 312 g/mol. The van der Waals surface area contributed by atoms with E-state index in [0.29, 0.717) is 22.8 Å². The van der Waals surface area contributed by atoms with Gasteiger partial charge < -0.3 is 0 Å². The molecule has 0 unspecified atom stereocenters. The van der Waals surface area contributed by atoms with Gasteiger partial charge in [-0.2, -0.15) is 5.10 Å². The summed E-state index contributed by atoms with van der Waals surface area (Å²) in [6.07, 6.45) is 1.77. The van der Waals surface area contributed by atoms with Gasteiger partial charge in [0, 0.05) is 21.7 Å². The van der Waals surface area contributed by atoms with Crippen LogP contribution in [0.4, 0.5) is 4.39 Å². The largest absolute Gasteiger partial charge is 0.280 e. The number of H-pyrrole nitrogens is 1. The van der Waals surface area contributed by atoms with E-state index in [2.05, 4.69) is 15.2 Å². The van der Waals surface area contributed by atoms with Crippen molar-refractivity contribution >= 4 is 17.3 Å². The second kappa shape index (κ2) is 5.07. The Bertz CT molecular complexity index is 898. The van der Waals surface area contributed by atoms with Crippen LogP contribution in [0.25, 0.3) is 11.1 Å². The number of fused-ring (bicyclic) bond motifs is 3. The van der Waals surface area contributed by atoms with Crippen LogP contribution in [0.3, 0.4) is 0 Å². The fraction of sp³-hybridized carbons (Fsp3) is 0.0588. The third-order valence-electron chi connectivity index (χ3n) is 3.77. The zero-order chi connectivity index (χ0) is 15.1. The first-order valence-electron chi connectivity index (χ1n) is 6.86. The summed E-state index contributed by atoms with van der Waals surface area (Å²) in [7, 11) is 0. The van der Waals surface area contributed by atoms with E-state index >= 15 is 0 Å². The van der Waals surface area contributed by atoms with Gasteiger partial charge in [0.25, 0.3) is 0 Å². The molecule has 5 heteroatoms. The van der Waals surface area contributed by atoms with E-state index in [1.54, 1.807) is 24.4 Å². The van der Waals surface area contributed by atoms with Crippen molar-refractivity contribution in [1.29, 1.82) is 0 Å². The summed E-state index contributed by atoms with van der Waals surface area (Å²) in [6.45, 7) is 0.422. The monoisotopic (exact) mass is 311 g/mol. The zero-order valence-corrected chi connectivity index (χ0v) is 12.2. The van der Waals surface area contributed by atoms with Gasteiger partial charge in [-0.3, -0.25) is 10.1 Å². The topological polar surface area (TPSA) is 41.0 Å². The van der Waals surface area contributed by atoms with Crippen LogP contribution in [0.1, 0.15) is 16.8 Å². The Morgan fingerprint density at radius 2 is 1.86 bits per heavy atom. The Morgan fingerprint density at radius 3 is 2.73 bits per heavy atom. The molecular weight excluding hydrogens is 301 g/mol. The minimum atomic E-state index is -0.295. The summed E-state index contributed by atoms with van der Waals surface area (Å²) in [5, 5.41) is 7.63. The van der Waals surface area contributed by atoms with E-state index in [-0.39, 0.29) is 5.82 Å². The molecule has 1 N–H and O–H groups in total. The Kier molecular flexibility index (Phi) is 3.05. The number of aromatic nitrogens is 2. The van der Waals surface area contributed by atoms with Gasteiger partial charge in [-0.05, 0) is 29.8 Å². The number of hydrogen-bond donors (Lipinski definition) is 1. The van der Waals surface area contributed by atoms with Gasteiger partial charge in [0.05, 0.1) is 24.1 Å². The highest BCUT2D eigenvalue weighted by Gasteiger charge is 2.22. The highest BCUT2D eigenvalue weighted by molar-refractivity contribution is 6.31. The molecule has 0 radical (unpaired) electrons. The molecule has 2 heterocycles. The molecule has 2 aromatic carbocycles. The fourth-order valence-electron chi connectivity index (χ4n) is 2.74. The number of nitrogens with zero attached hydrogens (tertiary/aromatic N) is 2. The van der Waals surface area contributed by atoms with Gasteiger partial charge in [0.1, 0.15) is 5.82 Å². The van der Waals surface area contributed by atoms with Crippen molar-refractivity contribution in [3.8, 4) is 11.1 Å². The smallest absolute Gasteiger partial charge is 0.132 e. The maximum Gasteiger partial charge on any atom is 0.132 e. The molecule has 0 bridgehead atoms. The van der Waals surface area contributed by atoms with Gasteiger partial charge in [0.15, 0.2) is 0 Å². The van der Waals surface area contributed by atoms with Crippen molar-refractivity contribution in [3.63, 3.8) is 0 Å². The zero-order valence-electron chi connectivity index (χ0n) is 11.5. The SMILES string of the molecule is Fc1ccccc1C1=NCc2[nH]ncc2-c2ccc(Cl)cc21. The predicted molar refractivity (Wildman–Crippen MR) is 84.8 cm³/mol. The average Bonchev–Trinajstić information content (AvgIpc) is 2.92. The molecule has 1 aromatic heterocycles. The molecule has 22 heavy (non-hydrogen) atoms. The lowest BCUT2D eigenvalue weighted by molar-refractivity contribution is 0.625. The molecule has 0 saturated carbocycles. The normalized spacial score (nSPS) is 13.1. The van der Waals surface area contributed by atoms with Gasteiger partial charge in [0.2, 0.25) is 0 Å². The molecule has 108 valence electrons. The summed E-state index contributed by atoms with van der Waals surface area (Å²) >= 11 is 6.15. The Balaban J connectivity index is 2.01. The van der Waals surface area contributed by atoms with Crippen LogP contribution in [-0.4, -0.2) is 15.9 Å². The van der Waals surface area contributed by atoms with Crippen LogP contribution in [-0.2, 0) is 6.54 Å². The number of rotatable bonds is 1. The first-order chi connectivity index (χ1) is 10.7. The molecule has 1 aliphatic heterocycles. The lowest BCUT2D eigenvalue weighted by atomic mass is 9.94. The number of hydrogen-bond acceptors (Lipinski definition) is 2. The fourth-order valence-corrected chi connectivity index (χ4v) is 2.91. The Hall–Kier alpha value is -2.46. The number of aromatic amines is 1. The Morgan fingerprint density at radius 1 is 1.00 bits per heavy atom. The van der Waals surface area contributed by atoms with E-state index in [4.69, 9.17) is 11.6 Å². The third-order valence-corrected chi connectivity index (χ3v) is 4.00. The van der Waals surface area contributed by atoms with Crippen molar-refractivity contribution in [2.24, 2.45) is 4.99 Å². The third kappa shape index (κ3) is 2.04. The minimum absolute atomic E-state index is 0.295. The molecule has 1 aliphatic rings. The summed E-state index contributed by atoms with van der Waals surface area (Å²) in [6, 6.07) is 12.2. The van der Waals surface area contributed by atoms with E-state index in [0.717, 1.165) is 22.4 Å². The molecule has 3 nitrogen and oxygen atoms in total. The summed E-state index contributed by atoms with van der Waals surface area (Å²) in [4.78, 5) is 4.60.